The summed E-state index contributed by atoms with van der Waals surface area (Å²) in [5.74, 6) is -0.249. The zero-order chi connectivity index (χ0) is 13.0. The van der Waals surface area contributed by atoms with Crippen LogP contribution in [0.15, 0.2) is 28.2 Å². The van der Waals surface area contributed by atoms with Crippen LogP contribution < -0.4 is 0 Å². The SMILES string of the molecule is Cc1ncsc1CCOCc1cc(F)cc(Br)c1. The topological polar surface area (TPSA) is 22.1 Å². The number of ether oxygens (including phenoxy) is 1. The lowest BCUT2D eigenvalue weighted by molar-refractivity contribution is 0.124. The van der Waals surface area contributed by atoms with Gasteiger partial charge in [-0.25, -0.2) is 9.37 Å². The molecule has 0 aliphatic rings. The molecule has 0 aliphatic carbocycles. The highest BCUT2D eigenvalue weighted by molar-refractivity contribution is 9.10. The van der Waals surface area contributed by atoms with E-state index in [2.05, 4.69) is 20.9 Å². The predicted molar refractivity (Wildman–Crippen MR) is 74.3 cm³/mol. The maximum Gasteiger partial charge on any atom is 0.124 e. The quantitative estimate of drug-likeness (QED) is 0.770. The van der Waals surface area contributed by atoms with Crippen molar-refractivity contribution in [1.82, 2.24) is 4.98 Å². The molecule has 18 heavy (non-hydrogen) atoms. The second kappa shape index (κ2) is 6.41. The highest BCUT2D eigenvalue weighted by atomic mass is 79.9. The van der Waals surface area contributed by atoms with Crippen molar-refractivity contribution in [2.24, 2.45) is 0 Å². The lowest BCUT2D eigenvalue weighted by atomic mass is 10.2. The Kier molecular flexibility index (Phi) is 4.86. The summed E-state index contributed by atoms with van der Waals surface area (Å²) in [6, 6.07) is 4.79. The molecule has 0 spiro atoms. The summed E-state index contributed by atoms with van der Waals surface area (Å²) in [7, 11) is 0. The zero-order valence-corrected chi connectivity index (χ0v) is 12.4. The number of hydrogen-bond acceptors (Lipinski definition) is 3. The van der Waals surface area contributed by atoms with Gasteiger partial charge in [-0.3, -0.25) is 0 Å². The molecule has 0 fully saturated rings. The summed E-state index contributed by atoms with van der Waals surface area (Å²) in [6.07, 6.45) is 0.854. The van der Waals surface area contributed by atoms with Crippen LogP contribution in [0.4, 0.5) is 4.39 Å². The van der Waals surface area contributed by atoms with Crippen LogP contribution in [0.5, 0.6) is 0 Å². The molecule has 0 bridgehead atoms. The smallest absolute Gasteiger partial charge is 0.124 e. The molecule has 0 amide bonds. The minimum Gasteiger partial charge on any atom is -0.376 e. The Hall–Kier alpha value is -0.780. The van der Waals surface area contributed by atoms with Crippen molar-refractivity contribution in [1.29, 1.82) is 0 Å². The highest BCUT2D eigenvalue weighted by Gasteiger charge is 2.02. The Bertz CT molecular complexity index is 509. The minimum absolute atomic E-state index is 0.249. The van der Waals surface area contributed by atoms with E-state index in [1.54, 1.807) is 11.3 Å². The number of aryl methyl sites for hydroxylation is 1. The number of benzene rings is 1. The van der Waals surface area contributed by atoms with Gasteiger partial charge in [-0.2, -0.15) is 0 Å². The number of nitrogens with zero attached hydrogens (tertiary/aromatic N) is 1. The maximum atomic E-state index is 13.1. The van der Waals surface area contributed by atoms with Gasteiger partial charge in [0.15, 0.2) is 0 Å². The molecule has 0 saturated carbocycles. The van der Waals surface area contributed by atoms with E-state index in [0.29, 0.717) is 13.2 Å². The number of aromatic nitrogens is 1. The summed E-state index contributed by atoms with van der Waals surface area (Å²) in [4.78, 5) is 5.43. The molecule has 5 heteroatoms. The summed E-state index contributed by atoms with van der Waals surface area (Å²) in [5.41, 5.74) is 3.74. The highest BCUT2D eigenvalue weighted by Crippen LogP contribution is 2.16. The first-order valence-corrected chi connectivity index (χ1v) is 7.24. The number of hydrogen-bond donors (Lipinski definition) is 0. The first-order chi connectivity index (χ1) is 8.65. The third-order valence-corrected chi connectivity index (χ3v) is 3.96. The lowest BCUT2D eigenvalue weighted by Gasteiger charge is -2.05. The molecule has 2 rings (SSSR count). The Morgan fingerprint density at radius 2 is 2.22 bits per heavy atom. The van der Waals surface area contributed by atoms with Gasteiger partial charge in [0.05, 0.1) is 24.4 Å². The van der Waals surface area contributed by atoms with E-state index in [-0.39, 0.29) is 5.82 Å². The molecule has 0 atom stereocenters. The van der Waals surface area contributed by atoms with E-state index < -0.39 is 0 Å². The Balaban J connectivity index is 1.80. The minimum atomic E-state index is -0.249. The van der Waals surface area contributed by atoms with E-state index in [4.69, 9.17) is 4.74 Å². The van der Waals surface area contributed by atoms with Crippen molar-refractivity contribution < 1.29 is 9.13 Å². The van der Waals surface area contributed by atoms with Gasteiger partial charge in [0.25, 0.3) is 0 Å². The summed E-state index contributed by atoms with van der Waals surface area (Å²) < 4.78 is 19.4. The molecular formula is C13H13BrFNOS. The lowest BCUT2D eigenvalue weighted by Crippen LogP contribution is -1.99. The fourth-order valence-electron chi connectivity index (χ4n) is 1.62. The molecule has 0 N–H and O–H groups in total. The zero-order valence-electron chi connectivity index (χ0n) is 9.95. The van der Waals surface area contributed by atoms with Crippen molar-refractivity contribution in [3.8, 4) is 0 Å². The van der Waals surface area contributed by atoms with E-state index >= 15 is 0 Å². The Morgan fingerprint density at radius 3 is 2.89 bits per heavy atom. The van der Waals surface area contributed by atoms with Gasteiger partial charge < -0.3 is 4.74 Å². The van der Waals surface area contributed by atoms with Crippen molar-refractivity contribution in [2.45, 2.75) is 20.0 Å². The van der Waals surface area contributed by atoms with E-state index in [1.165, 1.54) is 17.0 Å². The predicted octanol–water partition coefficient (Wildman–Crippen LogP) is 4.11. The molecule has 1 heterocycles. The Labute approximate surface area is 118 Å². The molecule has 1 aromatic heterocycles. The molecular weight excluding hydrogens is 317 g/mol. The third kappa shape index (κ3) is 3.86. The van der Waals surface area contributed by atoms with Crippen LogP contribution in [-0.4, -0.2) is 11.6 Å². The van der Waals surface area contributed by atoms with Gasteiger partial charge >= 0.3 is 0 Å². The molecule has 1 aromatic carbocycles. The fourth-order valence-corrected chi connectivity index (χ4v) is 2.89. The maximum absolute atomic E-state index is 13.1. The van der Waals surface area contributed by atoms with Crippen LogP contribution >= 0.6 is 27.3 Å². The van der Waals surface area contributed by atoms with Crippen molar-refractivity contribution >= 4 is 27.3 Å². The van der Waals surface area contributed by atoms with Crippen LogP contribution in [-0.2, 0) is 17.8 Å². The summed E-state index contributed by atoms with van der Waals surface area (Å²) in [6.45, 7) is 3.04. The number of thiazole rings is 1. The molecule has 2 nitrogen and oxygen atoms in total. The van der Waals surface area contributed by atoms with Gasteiger partial charge in [0.2, 0.25) is 0 Å². The largest absolute Gasteiger partial charge is 0.376 e. The first kappa shape index (κ1) is 13.6. The third-order valence-electron chi connectivity index (χ3n) is 2.51. The van der Waals surface area contributed by atoms with Crippen molar-refractivity contribution in [2.75, 3.05) is 6.61 Å². The van der Waals surface area contributed by atoms with Crippen LogP contribution in [0.3, 0.4) is 0 Å². The first-order valence-electron chi connectivity index (χ1n) is 5.57. The molecule has 0 aliphatic heterocycles. The molecule has 0 radical (unpaired) electrons. The second-order valence-electron chi connectivity index (χ2n) is 3.94. The van der Waals surface area contributed by atoms with Crippen LogP contribution in [0.2, 0.25) is 0 Å². The van der Waals surface area contributed by atoms with Crippen LogP contribution in [0.1, 0.15) is 16.1 Å². The fraction of sp³-hybridized carbons (Fsp3) is 0.308. The standard InChI is InChI=1S/C13H13BrFNOS/c1-9-13(18-8-16-9)2-3-17-7-10-4-11(14)6-12(15)5-10/h4-6,8H,2-3,7H2,1H3. The molecule has 0 unspecified atom stereocenters. The van der Waals surface area contributed by atoms with Crippen LogP contribution in [0, 0.1) is 12.7 Å². The van der Waals surface area contributed by atoms with Crippen molar-refractivity contribution in [3.63, 3.8) is 0 Å². The Morgan fingerprint density at radius 1 is 1.39 bits per heavy atom. The normalized spacial score (nSPS) is 10.8. The average molecular weight is 330 g/mol. The number of halogens is 2. The van der Waals surface area contributed by atoms with Gasteiger partial charge in [-0.1, -0.05) is 15.9 Å². The monoisotopic (exact) mass is 329 g/mol. The van der Waals surface area contributed by atoms with Gasteiger partial charge in [-0.05, 0) is 30.7 Å². The summed E-state index contributed by atoms with van der Waals surface area (Å²) in [5, 5.41) is 0. The molecule has 96 valence electrons. The van der Waals surface area contributed by atoms with Crippen molar-refractivity contribution in [3.05, 3.63) is 50.1 Å². The van der Waals surface area contributed by atoms with Gasteiger partial charge in [0.1, 0.15) is 5.82 Å². The second-order valence-corrected chi connectivity index (χ2v) is 5.80. The van der Waals surface area contributed by atoms with E-state index in [1.807, 2.05) is 18.5 Å². The van der Waals surface area contributed by atoms with Crippen LogP contribution in [0.25, 0.3) is 0 Å². The number of rotatable bonds is 5. The van der Waals surface area contributed by atoms with E-state index in [9.17, 15) is 4.39 Å². The van der Waals surface area contributed by atoms with Gasteiger partial charge in [-0.15, -0.1) is 11.3 Å². The summed E-state index contributed by atoms with van der Waals surface area (Å²) >= 11 is 4.90. The molecule has 0 saturated heterocycles. The van der Waals surface area contributed by atoms with Gasteiger partial charge in [0, 0.05) is 15.8 Å². The average Bonchev–Trinajstić information content (AvgIpc) is 2.69. The molecule has 2 aromatic rings. The van der Waals surface area contributed by atoms with E-state index in [0.717, 1.165) is 22.2 Å².